The molecular formula is C13H14O3. The summed E-state index contributed by atoms with van der Waals surface area (Å²) in [6.45, 7) is 0. The van der Waals surface area contributed by atoms with Gasteiger partial charge in [-0.25, -0.2) is 4.79 Å². The minimum absolute atomic E-state index is 0.365. The van der Waals surface area contributed by atoms with Gasteiger partial charge in [-0.3, -0.25) is 0 Å². The second-order valence-corrected chi connectivity index (χ2v) is 3.02. The lowest BCUT2D eigenvalue weighted by molar-refractivity contribution is -0.134. The maximum Gasteiger partial charge on any atom is 0.330 e. The molecule has 0 spiro atoms. The van der Waals surface area contributed by atoms with Crippen LogP contribution in [0.5, 0.6) is 5.75 Å². The Balaban J connectivity index is 2.62. The minimum atomic E-state index is -0.365. The van der Waals surface area contributed by atoms with Crippen molar-refractivity contribution >= 4 is 12.0 Å². The number of methoxy groups -OCH3 is 2. The fourth-order valence-corrected chi connectivity index (χ4v) is 1.11. The van der Waals surface area contributed by atoms with Gasteiger partial charge in [0.2, 0.25) is 0 Å². The van der Waals surface area contributed by atoms with Crippen molar-refractivity contribution < 1.29 is 14.3 Å². The molecule has 84 valence electrons. The largest absolute Gasteiger partial charge is 0.497 e. The zero-order chi connectivity index (χ0) is 11.8. The topological polar surface area (TPSA) is 35.5 Å². The Hall–Kier alpha value is -2.03. The molecule has 0 amide bonds. The van der Waals surface area contributed by atoms with E-state index >= 15 is 0 Å². The average molecular weight is 218 g/mol. The van der Waals surface area contributed by atoms with Crippen LogP contribution in [0.3, 0.4) is 0 Å². The molecule has 0 radical (unpaired) electrons. The molecular weight excluding hydrogens is 204 g/mol. The highest BCUT2D eigenvalue weighted by atomic mass is 16.5. The van der Waals surface area contributed by atoms with Crippen molar-refractivity contribution in [3.8, 4) is 5.75 Å². The number of esters is 1. The van der Waals surface area contributed by atoms with E-state index < -0.39 is 0 Å². The summed E-state index contributed by atoms with van der Waals surface area (Å²) in [6.07, 6.45) is 6.63. The molecule has 0 fully saturated rings. The summed E-state index contributed by atoms with van der Waals surface area (Å²) in [5.74, 6) is 0.439. The third kappa shape index (κ3) is 4.00. The Morgan fingerprint density at radius 3 is 2.75 bits per heavy atom. The van der Waals surface area contributed by atoms with Gasteiger partial charge in [0, 0.05) is 6.08 Å². The zero-order valence-corrected chi connectivity index (χ0v) is 9.34. The summed E-state index contributed by atoms with van der Waals surface area (Å²) < 4.78 is 9.55. The molecule has 3 nitrogen and oxygen atoms in total. The van der Waals surface area contributed by atoms with E-state index in [2.05, 4.69) is 4.74 Å². The Labute approximate surface area is 95.0 Å². The molecule has 16 heavy (non-hydrogen) atoms. The highest BCUT2D eigenvalue weighted by molar-refractivity contribution is 5.82. The fraction of sp³-hybridized carbons (Fsp3) is 0.154. The normalized spacial score (nSPS) is 10.9. The van der Waals surface area contributed by atoms with Crippen LogP contribution in [0.15, 0.2) is 42.5 Å². The van der Waals surface area contributed by atoms with E-state index in [0.717, 1.165) is 11.3 Å². The van der Waals surface area contributed by atoms with Gasteiger partial charge in [-0.2, -0.15) is 0 Å². The fourth-order valence-electron chi connectivity index (χ4n) is 1.11. The summed E-state index contributed by atoms with van der Waals surface area (Å²) in [5, 5.41) is 0. The first-order valence-corrected chi connectivity index (χ1v) is 4.83. The van der Waals surface area contributed by atoms with Crippen LogP contribution in [0.1, 0.15) is 5.56 Å². The summed E-state index contributed by atoms with van der Waals surface area (Å²) in [6, 6.07) is 7.64. The minimum Gasteiger partial charge on any atom is -0.497 e. The van der Waals surface area contributed by atoms with Crippen LogP contribution < -0.4 is 4.74 Å². The molecule has 0 bridgehead atoms. The monoisotopic (exact) mass is 218 g/mol. The first-order valence-electron chi connectivity index (χ1n) is 4.83. The van der Waals surface area contributed by atoms with Crippen LogP contribution in [0.2, 0.25) is 0 Å². The van der Waals surface area contributed by atoms with Crippen molar-refractivity contribution in [2.45, 2.75) is 0 Å². The molecule has 0 aliphatic heterocycles. The summed E-state index contributed by atoms with van der Waals surface area (Å²) in [4.78, 5) is 10.8. The van der Waals surface area contributed by atoms with Gasteiger partial charge >= 0.3 is 5.97 Å². The summed E-state index contributed by atoms with van der Waals surface area (Å²) in [7, 11) is 2.97. The molecule has 0 heterocycles. The number of rotatable bonds is 4. The quantitative estimate of drug-likeness (QED) is 0.442. The van der Waals surface area contributed by atoms with Crippen LogP contribution in [0.4, 0.5) is 0 Å². The van der Waals surface area contributed by atoms with Gasteiger partial charge in [0.1, 0.15) is 5.75 Å². The van der Waals surface area contributed by atoms with Crippen molar-refractivity contribution in [2.24, 2.45) is 0 Å². The second-order valence-electron chi connectivity index (χ2n) is 3.02. The Morgan fingerprint density at radius 2 is 2.06 bits per heavy atom. The molecule has 0 aromatic heterocycles. The molecule has 1 aromatic rings. The lowest BCUT2D eigenvalue weighted by atomic mass is 10.2. The molecule has 0 aliphatic rings. The maximum absolute atomic E-state index is 10.8. The van der Waals surface area contributed by atoms with Crippen LogP contribution in [0.25, 0.3) is 6.08 Å². The Kier molecular flexibility index (Phi) is 4.86. The van der Waals surface area contributed by atoms with E-state index in [0.29, 0.717) is 0 Å². The Bertz CT molecular complexity index is 405. The lowest BCUT2D eigenvalue weighted by Gasteiger charge is -1.99. The van der Waals surface area contributed by atoms with Crippen molar-refractivity contribution in [3.05, 3.63) is 48.1 Å². The molecule has 0 atom stereocenters. The maximum atomic E-state index is 10.8. The van der Waals surface area contributed by atoms with Crippen molar-refractivity contribution in [1.82, 2.24) is 0 Å². The molecule has 1 aromatic carbocycles. The van der Waals surface area contributed by atoms with Gasteiger partial charge in [-0.05, 0) is 17.7 Å². The van der Waals surface area contributed by atoms with E-state index in [1.165, 1.54) is 13.2 Å². The first-order chi connectivity index (χ1) is 7.76. The molecule has 0 saturated carbocycles. The SMILES string of the molecule is COC(=O)/C=C\C=C\c1cccc(OC)c1. The van der Waals surface area contributed by atoms with Gasteiger partial charge in [0.25, 0.3) is 0 Å². The molecule has 0 N–H and O–H groups in total. The summed E-state index contributed by atoms with van der Waals surface area (Å²) >= 11 is 0. The van der Waals surface area contributed by atoms with Gasteiger partial charge < -0.3 is 9.47 Å². The van der Waals surface area contributed by atoms with Gasteiger partial charge in [-0.15, -0.1) is 0 Å². The number of hydrogen-bond acceptors (Lipinski definition) is 3. The molecule has 1 rings (SSSR count). The standard InChI is InChI=1S/C13H14O3/c1-15-12-8-5-7-11(10-12)6-3-4-9-13(14)16-2/h3-10H,1-2H3/b6-3+,9-4-. The third-order valence-corrected chi connectivity index (χ3v) is 1.93. The highest BCUT2D eigenvalue weighted by Gasteiger charge is 1.90. The van der Waals surface area contributed by atoms with E-state index in [-0.39, 0.29) is 5.97 Å². The Morgan fingerprint density at radius 1 is 1.25 bits per heavy atom. The number of benzene rings is 1. The molecule has 0 aliphatic carbocycles. The highest BCUT2D eigenvalue weighted by Crippen LogP contribution is 2.13. The van der Waals surface area contributed by atoms with E-state index in [1.54, 1.807) is 19.3 Å². The predicted molar refractivity (Wildman–Crippen MR) is 63.2 cm³/mol. The van der Waals surface area contributed by atoms with Crippen LogP contribution in [-0.2, 0) is 9.53 Å². The smallest absolute Gasteiger partial charge is 0.330 e. The molecule has 3 heteroatoms. The third-order valence-electron chi connectivity index (χ3n) is 1.93. The number of carbonyl (C=O) groups is 1. The van der Waals surface area contributed by atoms with E-state index in [1.807, 2.05) is 30.3 Å². The summed E-state index contributed by atoms with van der Waals surface area (Å²) in [5.41, 5.74) is 1.01. The van der Waals surface area contributed by atoms with Crippen molar-refractivity contribution in [3.63, 3.8) is 0 Å². The van der Waals surface area contributed by atoms with Crippen LogP contribution >= 0.6 is 0 Å². The number of allylic oxidation sites excluding steroid dienone is 2. The van der Waals surface area contributed by atoms with E-state index in [4.69, 9.17) is 4.74 Å². The van der Waals surface area contributed by atoms with Crippen LogP contribution in [-0.4, -0.2) is 20.2 Å². The number of ether oxygens (including phenoxy) is 2. The van der Waals surface area contributed by atoms with E-state index in [9.17, 15) is 4.79 Å². The zero-order valence-electron chi connectivity index (χ0n) is 9.34. The second kappa shape index (κ2) is 6.45. The van der Waals surface area contributed by atoms with Crippen LogP contribution in [0, 0.1) is 0 Å². The number of hydrogen-bond donors (Lipinski definition) is 0. The van der Waals surface area contributed by atoms with Gasteiger partial charge in [-0.1, -0.05) is 30.4 Å². The molecule has 0 saturated heterocycles. The van der Waals surface area contributed by atoms with Crippen molar-refractivity contribution in [1.29, 1.82) is 0 Å². The lowest BCUT2D eigenvalue weighted by Crippen LogP contribution is -1.92. The molecule has 0 unspecified atom stereocenters. The average Bonchev–Trinajstić information content (AvgIpc) is 2.34. The first kappa shape index (κ1) is 12.0. The number of carbonyl (C=O) groups excluding carboxylic acids is 1. The predicted octanol–water partition coefficient (Wildman–Crippen LogP) is 2.44. The van der Waals surface area contributed by atoms with Gasteiger partial charge in [0.15, 0.2) is 0 Å². The van der Waals surface area contributed by atoms with Gasteiger partial charge in [0.05, 0.1) is 14.2 Å². The van der Waals surface area contributed by atoms with Crippen molar-refractivity contribution in [2.75, 3.05) is 14.2 Å².